The standard InChI is InChI=1S/C32H31F3N6O2S/c1-20-4-5-21(16-27(20)43-31-28-26(8-10-40(28)3)37-29(38-31)23-9-15-44-19-23)30(42)36-24-7-6-22(25(17-24)32(33,34)35)18-41-13-11-39(2)12-14-41/h4-10,15-17,19H,11-14,18H2,1-3H3,(H,36,42). The van der Waals surface area contributed by atoms with Crippen LogP contribution in [0.1, 0.15) is 27.0 Å². The molecular formula is C32H31F3N6O2S. The van der Waals surface area contributed by atoms with E-state index < -0.39 is 17.6 Å². The van der Waals surface area contributed by atoms with Crippen molar-refractivity contribution in [2.75, 3.05) is 38.5 Å². The molecule has 1 saturated heterocycles. The fraction of sp³-hybridized carbons (Fsp3) is 0.281. The van der Waals surface area contributed by atoms with Crippen LogP contribution in [0.5, 0.6) is 11.6 Å². The Bertz CT molecular complexity index is 1810. The van der Waals surface area contributed by atoms with Crippen molar-refractivity contribution in [3.8, 4) is 23.0 Å². The SMILES string of the molecule is Cc1ccc(C(=O)Nc2ccc(CN3CCN(C)CC3)c(C(F)(F)F)c2)cc1Oc1nc(-c2ccsc2)nc2ccn(C)c12. The van der Waals surface area contributed by atoms with Gasteiger partial charge in [-0.2, -0.15) is 29.5 Å². The van der Waals surface area contributed by atoms with Gasteiger partial charge in [0.25, 0.3) is 5.91 Å². The van der Waals surface area contributed by atoms with Gasteiger partial charge in [-0.1, -0.05) is 12.1 Å². The summed E-state index contributed by atoms with van der Waals surface area (Å²) in [6.07, 6.45) is -2.69. The molecule has 2 aromatic carbocycles. The Kier molecular flexibility index (Phi) is 8.14. The van der Waals surface area contributed by atoms with Gasteiger partial charge in [-0.25, -0.2) is 4.98 Å². The van der Waals surface area contributed by atoms with E-state index >= 15 is 0 Å². The molecule has 44 heavy (non-hydrogen) atoms. The molecule has 3 aromatic heterocycles. The van der Waals surface area contributed by atoms with Crippen LogP contribution >= 0.6 is 11.3 Å². The van der Waals surface area contributed by atoms with Gasteiger partial charge in [0.15, 0.2) is 5.82 Å². The number of thiophene rings is 1. The molecule has 228 valence electrons. The second kappa shape index (κ2) is 12.0. The van der Waals surface area contributed by atoms with Crippen molar-refractivity contribution in [1.82, 2.24) is 24.3 Å². The van der Waals surface area contributed by atoms with Crippen LogP contribution in [0.25, 0.3) is 22.4 Å². The number of ether oxygens (including phenoxy) is 1. The summed E-state index contributed by atoms with van der Waals surface area (Å²) in [4.78, 5) is 26.8. The highest BCUT2D eigenvalue weighted by Crippen LogP contribution is 2.36. The minimum atomic E-state index is -4.56. The number of aryl methyl sites for hydroxylation is 2. The fourth-order valence-corrected chi connectivity index (χ4v) is 5.84. The summed E-state index contributed by atoms with van der Waals surface area (Å²) in [6.45, 7) is 5.05. The molecule has 8 nitrogen and oxygen atoms in total. The number of amides is 1. The molecule has 0 saturated carbocycles. The molecule has 4 heterocycles. The highest BCUT2D eigenvalue weighted by molar-refractivity contribution is 7.08. The predicted molar refractivity (Wildman–Crippen MR) is 165 cm³/mol. The molecule has 1 amide bonds. The van der Waals surface area contributed by atoms with E-state index in [-0.39, 0.29) is 23.4 Å². The summed E-state index contributed by atoms with van der Waals surface area (Å²) in [5.74, 6) is 0.687. The number of alkyl halides is 3. The maximum atomic E-state index is 14.1. The second-order valence-electron chi connectivity index (χ2n) is 11.0. The minimum Gasteiger partial charge on any atom is -0.437 e. The van der Waals surface area contributed by atoms with Crippen LogP contribution in [0.15, 0.2) is 65.5 Å². The number of nitrogens with one attached hydrogen (secondary N) is 1. The maximum Gasteiger partial charge on any atom is 0.416 e. The highest BCUT2D eigenvalue weighted by Gasteiger charge is 2.34. The number of rotatable bonds is 7. The van der Waals surface area contributed by atoms with Crippen molar-refractivity contribution >= 4 is 34.0 Å². The van der Waals surface area contributed by atoms with Gasteiger partial charge in [0.1, 0.15) is 11.3 Å². The lowest BCUT2D eigenvalue weighted by Gasteiger charge is -2.33. The average Bonchev–Trinajstić information content (AvgIpc) is 3.66. The average molecular weight is 621 g/mol. The van der Waals surface area contributed by atoms with Crippen molar-refractivity contribution in [2.45, 2.75) is 19.6 Å². The molecule has 0 spiro atoms. The minimum absolute atomic E-state index is 0.0641. The van der Waals surface area contributed by atoms with Gasteiger partial charge in [0.05, 0.1) is 11.1 Å². The largest absolute Gasteiger partial charge is 0.437 e. The maximum absolute atomic E-state index is 14.1. The van der Waals surface area contributed by atoms with E-state index in [0.717, 1.165) is 30.3 Å². The topological polar surface area (TPSA) is 75.5 Å². The van der Waals surface area contributed by atoms with Crippen LogP contribution in [0, 0.1) is 6.92 Å². The van der Waals surface area contributed by atoms with E-state index in [1.165, 1.54) is 23.5 Å². The first-order valence-corrected chi connectivity index (χ1v) is 15.1. The van der Waals surface area contributed by atoms with Crippen LogP contribution in [-0.2, 0) is 19.8 Å². The zero-order valence-corrected chi connectivity index (χ0v) is 25.3. The summed E-state index contributed by atoms with van der Waals surface area (Å²) in [6, 6.07) is 12.7. The number of piperazine rings is 1. The molecule has 12 heteroatoms. The van der Waals surface area contributed by atoms with E-state index in [4.69, 9.17) is 4.74 Å². The molecule has 1 N–H and O–H groups in total. The Balaban J connectivity index is 1.25. The van der Waals surface area contributed by atoms with Gasteiger partial charge in [0.2, 0.25) is 5.88 Å². The van der Waals surface area contributed by atoms with E-state index in [2.05, 4.69) is 20.2 Å². The third-order valence-corrected chi connectivity index (χ3v) is 8.47. The summed E-state index contributed by atoms with van der Waals surface area (Å²) >= 11 is 1.54. The van der Waals surface area contributed by atoms with E-state index in [0.29, 0.717) is 41.6 Å². The summed E-state index contributed by atoms with van der Waals surface area (Å²) in [7, 11) is 3.87. The first-order valence-electron chi connectivity index (χ1n) is 14.1. The molecule has 0 atom stereocenters. The Morgan fingerprint density at radius 1 is 1.02 bits per heavy atom. The van der Waals surface area contributed by atoms with Gasteiger partial charge in [-0.15, -0.1) is 0 Å². The summed E-state index contributed by atoms with van der Waals surface area (Å²) in [5, 5.41) is 6.53. The van der Waals surface area contributed by atoms with Gasteiger partial charge in [-0.3, -0.25) is 9.69 Å². The van der Waals surface area contributed by atoms with Crippen LogP contribution < -0.4 is 10.1 Å². The molecule has 1 fully saturated rings. The number of anilines is 1. The third kappa shape index (κ3) is 6.33. The van der Waals surface area contributed by atoms with E-state index in [1.807, 2.05) is 59.6 Å². The van der Waals surface area contributed by atoms with E-state index in [9.17, 15) is 18.0 Å². The number of nitrogens with zero attached hydrogens (tertiary/aromatic N) is 5. The quantitative estimate of drug-likeness (QED) is 0.215. The molecule has 0 bridgehead atoms. The zero-order valence-electron chi connectivity index (χ0n) is 24.5. The molecule has 0 unspecified atom stereocenters. The van der Waals surface area contributed by atoms with Crippen LogP contribution in [-0.4, -0.2) is 63.5 Å². The molecule has 1 aliphatic rings. The van der Waals surface area contributed by atoms with Crippen molar-refractivity contribution in [2.24, 2.45) is 7.05 Å². The number of likely N-dealkylation sites (N-methyl/N-ethyl adjacent to an activating group) is 1. The lowest BCUT2D eigenvalue weighted by molar-refractivity contribution is -0.138. The monoisotopic (exact) mass is 620 g/mol. The van der Waals surface area contributed by atoms with Gasteiger partial charge < -0.3 is 19.5 Å². The van der Waals surface area contributed by atoms with E-state index in [1.54, 1.807) is 18.2 Å². The molecule has 1 aliphatic heterocycles. The first kappa shape index (κ1) is 29.8. The number of halogens is 3. The number of carbonyl (C=O) groups excluding carboxylic acids is 1. The van der Waals surface area contributed by atoms with Crippen LogP contribution in [0.3, 0.4) is 0 Å². The van der Waals surface area contributed by atoms with Crippen molar-refractivity contribution in [3.05, 3.63) is 87.7 Å². The number of carbonyl (C=O) groups is 1. The number of hydrogen-bond acceptors (Lipinski definition) is 7. The molecule has 5 aromatic rings. The number of fused-ring (bicyclic) bond motifs is 1. The number of benzene rings is 2. The molecule has 0 radical (unpaired) electrons. The molecule has 6 rings (SSSR count). The second-order valence-corrected chi connectivity index (χ2v) is 11.8. The third-order valence-electron chi connectivity index (χ3n) is 7.79. The smallest absolute Gasteiger partial charge is 0.416 e. The van der Waals surface area contributed by atoms with Crippen LogP contribution in [0.4, 0.5) is 18.9 Å². The zero-order chi connectivity index (χ0) is 31.0. The number of hydrogen-bond donors (Lipinski definition) is 1. The molecular weight excluding hydrogens is 589 g/mol. The van der Waals surface area contributed by atoms with Gasteiger partial charge >= 0.3 is 6.18 Å². The summed E-state index contributed by atoms with van der Waals surface area (Å²) < 4.78 is 50.4. The van der Waals surface area contributed by atoms with Crippen molar-refractivity contribution < 1.29 is 22.7 Å². The van der Waals surface area contributed by atoms with Gasteiger partial charge in [0, 0.05) is 68.2 Å². The normalized spacial score (nSPS) is 14.7. The first-order chi connectivity index (χ1) is 21.0. The Labute approximate surface area is 256 Å². The van der Waals surface area contributed by atoms with Gasteiger partial charge in [-0.05, 0) is 66.9 Å². The van der Waals surface area contributed by atoms with Crippen molar-refractivity contribution in [3.63, 3.8) is 0 Å². The lowest BCUT2D eigenvalue weighted by Crippen LogP contribution is -2.44. The summed E-state index contributed by atoms with van der Waals surface area (Å²) in [5.41, 5.74) is 2.75. The van der Waals surface area contributed by atoms with Crippen molar-refractivity contribution in [1.29, 1.82) is 0 Å². The Morgan fingerprint density at radius 3 is 2.55 bits per heavy atom. The lowest BCUT2D eigenvalue weighted by atomic mass is 10.0. The number of aromatic nitrogens is 3. The Morgan fingerprint density at radius 2 is 1.82 bits per heavy atom. The highest BCUT2D eigenvalue weighted by atomic mass is 32.1. The van der Waals surface area contributed by atoms with Crippen LogP contribution in [0.2, 0.25) is 0 Å². The molecule has 0 aliphatic carbocycles. The Hall–Kier alpha value is -4.26. The predicted octanol–water partition coefficient (Wildman–Crippen LogP) is 6.82. The fourth-order valence-electron chi connectivity index (χ4n) is 5.21.